The van der Waals surface area contributed by atoms with E-state index < -0.39 is 0 Å². The number of para-hydroxylation sites is 1. The molecule has 4 heteroatoms. The molecule has 0 saturated heterocycles. The topological polar surface area (TPSA) is 42.0 Å². The van der Waals surface area contributed by atoms with Crippen LogP contribution in [0.2, 0.25) is 0 Å². The summed E-state index contributed by atoms with van der Waals surface area (Å²) in [5, 5.41) is 4.03. The van der Waals surface area contributed by atoms with E-state index >= 15 is 0 Å². The number of carbonyl (C=O) groups is 1. The maximum atomic E-state index is 12.1. The first-order chi connectivity index (χ1) is 12.3. The minimum Gasteiger partial charge on any atom is -0.326 e. The highest BCUT2D eigenvalue weighted by atomic mass is 32.1. The molecular weight excluding hydrogens is 328 g/mol. The third kappa shape index (κ3) is 3.90. The Morgan fingerprint density at radius 2 is 1.84 bits per heavy atom. The molecule has 0 bridgehead atoms. The average molecular weight is 350 g/mol. The second-order valence-corrected chi connectivity index (χ2v) is 7.83. The monoisotopic (exact) mass is 350 g/mol. The van der Waals surface area contributed by atoms with Crippen molar-refractivity contribution in [2.24, 2.45) is 5.92 Å². The molecule has 1 heterocycles. The number of nitrogens with one attached hydrogen (secondary N) is 1. The number of fused-ring (bicyclic) bond motifs is 1. The van der Waals surface area contributed by atoms with Gasteiger partial charge in [0.1, 0.15) is 5.01 Å². The van der Waals surface area contributed by atoms with E-state index in [9.17, 15) is 4.79 Å². The van der Waals surface area contributed by atoms with Crippen molar-refractivity contribution < 1.29 is 4.79 Å². The summed E-state index contributed by atoms with van der Waals surface area (Å²) in [6.45, 7) is 0. The molecule has 1 amide bonds. The number of rotatable bonds is 5. The van der Waals surface area contributed by atoms with Crippen molar-refractivity contribution in [1.29, 1.82) is 0 Å². The minimum absolute atomic E-state index is 0.125. The summed E-state index contributed by atoms with van der Waals surface area (Å²) in [6, 6.07) is 16.2. The highest BCUT2D eigenvalue weighted by Gasteiger charge is 2.16. The predicted molar refractivity (Wildman–Crippen MR) is 105 cm³/mol. The second-order valence-electron chi connectivity index (χ2n) is 6.80. The van der Waals surface area contributed by atoms with Crippen molar-refractivity contribution in [1.82, 2.24) is 4.98 Å². The molecule has 3 aromatic rings. The molecule has 2 aromatic carbocycles. The fourth-order valence-corrected chi connectivity index (χ4v) is 4.52. The summed E-state index contributed by atoms with van der Waals surface area (Å²) < 4.78 is 1.20. The number of aromatic nitrogens is 1. The third-order valence-electron chi connectivity index (χ3n) is 4.96. The number of anilines is 1. The van der Waals surface area contributed by atoms with Crippen LogP contribution in [0.15, 0.2) is 48.5 Å². The summed E-state index contributed by atoms with van der Waals surface area (Å²) in [7, 11) is 0. The van der Waals surface area contributed by atoms with Crippen LogP contribution in [0.5, 0.6) is 0 Å². The Kier molecular flexibility index (Phi) is 4.79. The number of hydrogen-bond donors (Lipinski definition) is 1. The Morgan fingerprint density at radius 1 is 1.08 bits per heavy atom. The van der Waals surface area contributed by atoms with Crippen molar-refractivity contribution in [2.45, 2.75) is 38.5 Å². The quantitative estimate of drug-likeness (QED) is 0.625. The molecule has 1 aromatic heterocycles. The lowest BCUT2D eigenvalue weighted by atomic mass is 10.0. The Hall–Kier alpha value is -2.20. The molecule has 0 spiro atoms. The first-order valence-electron chi connectivity index (χ1n) is 9.04. The molecule has 0 aliphatic heterocycles. The van der Waals surface area contributed by atoms with Crippen LogP contribution in [0.3, 0.4) is 0 Å². The van der Waals surface area contributed by atoms with Crippen LogP contribution in [0.1, 0.15) is 38.5 Å². The summed E-state index contributed by atoms with van der Waals surface area (Å²) >= 11 is 1.69. The van der Waals surface area contributed by atoms with Crippen LogP contribution in [-0.4, -0.2) is 10.9 Å². The van der Waals surface area contributed by atoms with Crippen LogP contribution in [0, 0.1) is 5.92 Å². The average Bonchev–Trinajstić information content (AvgIpc) is 3.30. The van der Waals surface area contributed by atoms with Crippen molar-refractivity contribution in [2.75, 3.05) is 5.32 Å². The summed E-state index contributed by atoms with van der Waals surface area (Å²) in [6.07, 6.45) is 6.91. The maximum absolute atomic E-state index is 12.1. The van der Waals surface area contributed by atoms with Gasteiger partial charge in [-0.05, 0) is 48.7 Å². The zero-order valence-corrected chi connectivity index (χ0v) is 15.0. The van der Waals surface area contributed by atoms with Crippen molar-refractivity contribution in [3.63, 3.8) is 0 Å². The highest BCUT2D eigenvalue weighted by Crippen LogP contribution is 2.31. The van der Waals surface area contributed by atoms with Crippen LogP contribution in [-0.2, 0) is 4.79 Å². The van der Waals surface area contributed by atoms with E-state index in [4.69, 9.17) is 0 Å². The minimum atomic E-state index is 0.125. The van der Waals surface area contributed by atoms with E-state index in [2.05, 4.69) is 16.4 Å². The van der Waals surface area contributed by atoms with Gasteiger partial charge in [-0.25, -0.2) is 4.98 Å². The molecule has 0 unspecified atom stereocenters. The van der Waals surface area contributed by atoms with Crippen LogP contribution in [0.4, 0.5) is 5.69 Å². The Labute approximate surface area is 152 Å². The zero-order valence-electron chi connectivity index (χ0n) is 14.2. The third-order valence-corrected chi connectivity index (χ3v) is 6.05. The maximum Gasteiger partial charge on any atom is 0.224 e. The van der Waals surface area contributed by atoms with E-state index in [1.54, 1.807) is 11.3 Å². The predicted octanol–water partition coefficient (Wildman–Crippen LogP) is 5.87. The normalized spacial score (nSPS) is 14.9. The molecular formula is C21H22N2OS. The lowest BCUT2D eigenvalue weighted by molar-refractivity contribution is -0.116. The number of amides is 1. The van der Waals surface area contributed by atoms with E-state index in [1.165, 1.54) is 30.4 Å². The summed E-state index contributed by atoms with van der Waals surface area (Å²) in [5.74, 6) is 0.881. The first kappa shape index (κ1) is 16.3. The van der Waals surface area contributed by atoms with E-state index in [0.29, 0.717) is 6.42 Å². The molecule has 1 aliphatic carbocycles. The molecule has 1 saturated carbocycles. The van der Waals surface area contributed by atoms with Gasteiger partial charge < -0.3 is 5.32 Å². The Bertz CT molecular complexity index is 830. The van der Waals surface area contributed by atoms with Gasteiger partial charge in [0.15, 0.2) is 0 Å². The smallest absolute Gasteiger partial charge is 0.224 e. The Morgan fingerprint density at radius 3 is 2.60 bits per heavy atom. The highest BCUT2D eigenvalue weighted by molar-refractivity contribution is 7.21. The van der Waals surface area contributed by atoms with Gasteiger partial charge in [0.25, 0.3) is 0 Å². The van der Waals surface area contributed by atoms with E-state index in [1.807, 2.05) is 42.5 Å². The van der Waals surface area contributed by atoms with E-state index in [0.717, 1.165) is 34.1 Å². The number of thiazole rings is 1. The van der Waals surface area contributed by atoms with Gasteiger partial charge in [-0.1, -0.05) is 37.8 Å². The van der Waals surface area contributed by atoms with Gasteiger partial charge in [-0.3, -0.25) is 4.79 Å². The molecule has 1 fully saturated rings. The largest absolute Gasteiger partial charge is 0.326 e. The number of benzene rings is 2. The van der Waals surface area contributed by atoms with Crippen LogP contribution >= 0.6 is 11.3 Å². The first-order valence-corrected chi connectivity index (χ1v) is 9.85. The van der Waals surface area contributed by atoms with Gasteiger partial charge in [0.05, 0.1) is 10.2 Å². The molecule has 4 rings (SSSR count). The van der Waals surface area contributed by atoms with Crippen molar-refractivity contribution in [3.05, 3.63) is 48.5 Å². The molecule has 128 valence electrons. The number of nitrogens with zero attached hydrogens (tertiary/aromatic N) is 1. The molecule has 25 heavy (non-hydrogen) atoms. The van der Waals surface area contributed by atoms with Crippen LogP contribution < -0.4 is 5.32 Å². The second kappa shape index (κ2) is 7.36. The standard InChI is InChI=1S/C21H22N2OS/c24-20(14-9-15-5-1-2-6-15)22-17-12-10-16(11-13-17)21-23-18-7-3-4-8-19(18)25-21/h3-4,7-8,10-13,15H,1-2,5-6,9,14H2,(H,22,24). The lowest BCUT2D eigenvalue weighted by Crippen LogP contribution is -2.12. The van der Waals surface area contributed by atoms with Gasteiger partial charge in [0.2, 0.25) is 5.91 Å². The van der Waals surface area contributed by atoms with Crippen LogP contribution in [0.25, 0.3) is 20.8 Å². The fourth-order valence-electron chi connectivity index (χ4n) is 3.55. The molecule has 0 atom stereocenters. The summed E-state index contributed by atoms with van der Waals surface area (Å²) in [4.78, 5) is 16.8. The fraction of sp³-hybridized carbons (Fsp3) is 0.333. The molecule has 1 aliphatic rings. The molecule has 0 radical (unpaired) electrons. The lowest BCUT2D eigenvalue weighted by Gasteiger charge is -2.09. The van der Waals surface area contributed by atoms with Crippen molar-refractivity contribution >= 4 is 33.1 Å². The Balaban J connectivity index is 1.38. The zero-order chi connectivity index (χ0) is 17.1. The SMILES string of the molecule is O=C(CCC1CCCC1)Nc1ccc(-c2nc3ccccc3s2)cc1. The molecule has 1 N–H and O–H groups in total. The van der Waals surface area contributed by atoms with Gasteiger partial charge >= 0.3 is 0 Å². The number of hydrogen-bond acceptors (Lipinski definition) is 3. The van der Waals surface area contributed by atoms with Crippen molar-refractivity contribution in [3.8, 4) is 10.6 Å². The summed E-state index contributed by atoms with van der Waals surface area (Å²) in [5.41, 5.74) is 2.98. The molecule has 3 nitrogen and oxygen atoms in total. The van der Waals surface area contributed by atoms with E-state index in [-0.39, 0.29) is 5.91 Å². The van der Waals surface area contributed by atoms with Gasteiger partial charge in [-0.15, -0.1) is 11.3 Å². The van der Waals surface area contributed by atoms with Gasteiger partial charge in [-0.2, -0.15) is 0 Å². The number of carbonyl (C=O) groups excluding carboxylic acids is 1. The van der Waals surface area contributed by atoms with Gasteiger partial charge in [0, 0.05) is 17.7 Å².